The summed E-state index contributed by atoms with van der Waals surface area (Å²) in [6.07, 6.45) is 6.79. The van der Waals surface area contributed by atoms with Gasteiger partial charge in [0, 0.05) is 60.9 Å². The summed E-state index contributed by atoms with van der Waals surface area (Å²) in [4.78, 5) is 16.5. The fourth-order valence-corrected chi connectivity index (χ4v) is 7.29. The van der Waals surface area contributed by atoms with Crippen LogP contribution in [0.2, 0.25) is 0 Å². The molecule has 2 heterocycles. The van der Waals surface area contributed by atoms with Crippen molar-refractivity contribution in [2.75, 3.05) is 0 Å². The Hall–Kier alpha value is -3.53. The molecule has 0 aliphatic heterocycles. The van der Waals surface area contributed by atoms with Gasteiger partial charge in [0.05, 0.1) is 5.76 Å². The van der Waals surface area contributed by atoms with Gasteiger partial charge in [-0.2, -0.15) is 0 Å². The number of carbonyl (C=O) groups excluding carboxylic acids is 1. The fourth-order valence-electron chi connectivity index (χ4n) is 7.29. The van der Waals surface area contributed by atoms with E-state index < -0.39 is 0 Å². The van der Waals surface area contributed by atoms with Crippen LogP contribution >= 0.6 is 0 Å². The van der Waals surface area contributed by atoms with Gasteiger partial charge in [0.25, 0.3) is 0 Å². The summed E-state index contributed by atoms with van der Waals surface area (Å²) >= 11 is 0. The second-order valence-electron chi connectivity index (χ2n) is 14.7. The zero-order valence-corrected chi connectivity index (χ0v) is 35.3. The average molecular weight is 865 g/mol. The minimum atomic E-state index is 0. The van der Waals surface area contributed by atoms with E-state index in [1.54, 1.807) is 0 Å². The van der Waals surface area contributed by atoms with Crippen LogP contribution in [0.1, 0.15) is 126 Å². The number of aryl methyl sites for hydroxylation is 4. The number of fused-ring (bicyclic) bond motifs is 2. The van der Waals surface area contributed by atoms with Crippen molar-refractivity contribution in [2.45, 2.75) is 121 Å². The molecule has 5 aromatic rings. The maximum absolute atomic E-state index is 11.7. The van der Waals surface area contributed by atoms with Crippen LogP contribution in [0.3, 0.4) is 0 Å². The van der Waals surface area contributed by atoms with Gasteiger partial charge in [0.2, 0.25) is 0 Å². The van der Waals surface area contributed by atoms with E-state index in [1.807, 2.05) is 40.0 Å². The molecule has 0 saturated carbocycles. The van der Waals surface area contributed by atoms with Gasteiger partial charge in [0.1, 0.15) is 11.3 Å². The normalized spacial score (nSPS) is 11.9. The van der Waals surface area contributed by atoms with E-state index in [0.29, 0.717) is 11.8 Å². The third kappa shape index (κ3) is 9.48. The van der Waals surface area contributed by atoms with Crippen LogP contribution < -0.4 is 0 Å². The van der Waals surface area contributed by atoms with Crippen molar-refractivity contribution in [1.82, 2.24) is 4.98 Å². The molecule has 0 fully saturated rings. The number of pyridine rings is 1. The number of rotatable bonds is 11. The van der Waals surface area contributed by atoms with E-state index in [4.69, 9.17) is 9.40 Å². The maximum Gasteiger partial charge on any atom is 0.162 e. The number of aliphatic hydroxyl groups excluding tert-OH is 1. The van der Waals surface area contributed by atoms with Crippen LogP contribution in [0.15, 0.2) is 64.9 Å². The number of carbonyl (C=O) groups is 1. The number of hydrogen-bond acceptors (Lipinski definition) is 4. The number of aromatic nitrogens is 1. The second kappa shape index (κ2) is 18.3. The minimum absolute atomic E-state index is 0. The molecule has 5 heteroatoms. The van der Waals surface area contributed by atoms with Gasteiger partial charge in [-0.25, -0.2) is 0 Å². The minimum Gasteiger partial charge on any atom is -0.512 e. The standard InChI is InChI=1S/C33H34NO.C13H24O2.Ir/c1-18(2)27-14-21(6)12-23(8)31(27)29-17-24-9-10-34-32(33(24)35-29)26-15-25-13-20(5)11-22(7)30(25)28(16-26)19(3)4;1-5-10(6-2)12(14)9-13(15)11(7-3)8-4;/h9-14,16-19H,1-8H3;9-11,14H,5-8H2,1-4H3;/q-1;;/b;12-9-;. The number of furan rings is 1. The Bertz CT molecular complexity index is 1990. The van der Waals surface area contributed by atoms with E-state index in [1.165, 1.54) is 50.4 Å². The van der Waals surface area contributed by atoms with E-state index >= 15 is 0 Å². The van der Waals surface area contributed by atoms with Crippen molar-refractivity contribution in [3.05, 3.63) is 99.9 Å². The molecule has 275 valence electrons. The molecule has 0 unspecified atom stereocenters. The maximum atomic E-state index is 11.7. The fraction of sp³-hybridized carbons (Fsp3) is 0.435. The topological polar surface area (TPSA) is 63.3 Å². The van der Waals surface area contributed by atoms with Crippen LogP contribution in [-0.4, -0.2) is 15.9 Å². The molecule has 0 aliphatic rings. The Kier molecular flexibility index (Phi) is 15.0. The smallest absolute Gasteiger partial charge is 0.162 e. The summed E-state index contributed by atoms with van der Waals surface area (Å²) in [7, 11) is 0. The Labute approximate surface area is 320 Å². The molecule has 0 spiro atoms. The van der Waals surface area contributed by atoms with Crippen molar-refractivity contribution in [3.63, 3.8) is 0 Å². The Morgan fingerprint density at radius 1 is 0.804 bits per heavy atom. The first-order valence-electron chi connectivity index (χ1n) is 18.7. The molecule has 2 aromatic heterocycles. The molecule has 0 atom stereocenters. The molecule has 0 bridgehead atoms. The van der Waals surface area contributed by atoms with Gasteiger partial charge < -0.3 is 9.52 Å². The average Bonchev–Trinajstić information content (AvgIpc) is 3.49. The third-order valence-corrected chi connectivity index (χ3v) is 10.1. The van der Waals surface area contributed by atoms with Crippen LogP contribution in [-0.2, 0) is 24.9 Å². The zero-order chi connectivity index (χ0) is 36.9. The largest absolute Gasteiger partial charge is 0.512 e. The Balaban J connectivity index is 0.000000374. The van der Waals surface area contributed by atoms with Crippen molar-refractivity contribution in [2.24, 2.45) is 11.8 Å². The molecule has 0 aliphatic carbocycles. The summed E-state index contributed by atoms with van der Waals surface area (Å²) in [5.74, 6) is 2.25. The predicted molar refractivity (Wildman–Crippen MR) is 212 cm³/mol. The number of hydrogen-bond donors (Lipinski definition) is 1. The summed E-state index contributed by atoms with van der Waals surface area (Å²) in [6.45, 7) is 25.8. The van der Waals surface area contributed by atoms with Crippen molar-refractivity contribution < 1.29 is 34.4 Å². The van der Waals surface area contributed by atoms with Gasteiger partial charge in [-0.15, -0.1) is 29.1 Å². The molecule has 1 radical (unpaired) electrons. The summed E-state index contributed by atoms with van der Waals surface area (Å²) in [5.41, 5.74) is 11.6. The number of nitrogens with zero attached hydrogens (tertiary/aromatic N) is 1. The van der Waals surface area contributed by atoms with Crippen LogP contribution in [0, 0.1) is 45.6 Å². The molecule has 51 heavy (non-hydrogen) atoms. The van der Waals surface area contributed by atoms with Crippen LogP contribution in [0.4, 0.5) is 0 Å². The molecular weight excluding hydrogens is 807 g/mol. The first-order chi connectivity index (χ1) is 23.7. The SMILES string of the molecule is CCC(CC)C(=O)/C=C(\O)C(CC)CC.Cc1cc(C)c(-c2cc3ccnc(-c4[c-]c5cc(C)cc(C)c5c(C(C)C)c4)c3o2)c(C(C)C)c1.[Ir]. The molecule has 0 amide bonds. The van der Waals surface area contributed by atoms with Crippen molar-refractivity contribution in [3.8, 4) is 22.6 Å². The van der Waals surface area contributed by atoms with Gasteiger partial charge in [0.15, 0.2) is 5.78 Å². The zero-order valence-electron chi connectivity index (χ0n) is 32.9. The van der Waals surface area contributed by atoms with Crippen molar-refractivity contribution in [1.29, 1.82) is 0 Å². The first-order valence-corrected chi connectivity index (χ1v) is 18.7. The van der Waals surface area contributed by atoms with Gasteiger partial charge in [-0.3, -0.25) is 9.78 Å². The summed E-state index contributed by atoms with van der Waals surface area (Å²) < 4.78 is 6.63. The number of benzene rings is 3. The van der Waals surface area contributed by atoms with Crippen molar-refractivity contribution >= 4 is 27.5 Å². The predicted octanol–water partition coefficient (Wildman–Crippen LogP) is 13.5. The quantitative estimate of drug-likeness (QED) is 0.0816. The molecular formula is C46H58IrNO3-. The van der Waals surface area contributed by atoms with Crippen LogP contribution in [0.25, 0.3) is 44.3 Å². The second-order valence-corrected chi connectivity index (χ2v) is 14.7. The molecule has 1 N–H and O–H groups in total. The molecule has 4 nitrogen and oxygen atoms in total. The van der Waals surface area contributed by atoms with Gasteiger partial charge >= 0.3 is 0 Å². The molecule has 3 aromatic carbocycles. The Morgan fingerprint density at radius 3 is 1.98 bits per heavy atom. The Morgan fingerprint density at radius 2 is 1.39 bits per heavy atom. The van der Waals surface area contributed by atoms with E-state index in [0.717, 1.165) is 59.1 Å². The number of ketones is 1. The van der Waals surface area contributed by atoms with E-state index in [2.05, 4.69) is 97.9 Å². The number of aliphatic hydroxyl groups is 1. The molecule has 0 saturated heterocycles. The summed E-state index contributed by atoms with van der Waals surface area (Å²) in [6, 6.07) is 19.2. The summed E-state index contributed by atoms with van der Waals surface area (Å²) in [5, 5.41) is 13.3. The van der Waals surface area contributed by atoms with Gasteiger partial charge in [-0.05, 0) is 88.5 Å². The van der Waals surface area contributed by atoms with E-state index in [-0.39, 0.29) is 43.5 Å². The van der Waals surface area contributed by atoms with E-state index in [9.17, 15) is 9.90 Å². The molecule has 5 rings (SSSR count). The first kappa shape index (κ1) is 41.9. The number of allylic oxidation sites excluding steroid dienone is 2. The van der Waals surface area contributed by atoms with Gasteiger partial charge in [-0.1, -0.05) is 101 Å². The van der Waals surface area contributed by atoms with Crippen LogP contribution in [0.5, 0.6) is 0 Å². The third-order valence-electron chi connectivity index (χ3n) is 10.1. The monoisotopic (exact) mass is 865 g/mol.